The van der Waals surface area contributed by atoms with Crippen molar-refractivity contribution in [3.8, 4) is 5.75 Å². The molecule has 3 aliphatic carbocycles. The van der Waals surface area contributed by atoms with Crippen LogP contribution in [0.15, 0.2) is 24.5 Å². The number of aromatic nitrogens is 1. The molecule has 1 aromatic rings. The second kappa shape index (κ2) is 8.06. The van der Waals surface area contributed by atoms with Crippen LogP contribution in [0.3, 0.4) is 0 Å². The van der Waals surface area contributed by atoms with Gasteiger partial charge in [-0.15, -0.1) is 0 Å². The number of ether oxygens (including phenoxy) is 2. The first kappa shape index (κ1) is 20.9. The molecule has 1 saturated heterocycles. The Morgan fingerprint density at radius 3 is 2.69 bits per heavy atom. The highest BCUT2D eigenvalue weighted by atomic mass is 16.5. The molecule has 4 aliphatic rings. The van der Waals surface area contributed by atoms with E-state index in [0.29, 0.717) is 11.5 Å². The molecule has 0 bridgehead atoms. The minimum atomic E-state index is 0.286. The first-order chi connectivity index (χ1) is 14.1. The Bertz CT molecular complexity index is 759. The smallest absolute Gasteiger partial charge is 0.137 e. The third-order valence-corrected chi connectivity index (χ3v) is 8.80. The lowest BCUT2D eigenvalue weighted by molar-refractivity contribution is -0.168. The van der Waals surface area contributed by atoms with Gasteiger partial charge in [0.05, 0.1) is 19.4 Å². The summed E-state index contributed by atoms with van der Waals surface area (Å²) >= 11 is 0. The van der Waals surface area contributed by atoms with Gasteiger partial charge < -0.3 is 9.47 Å². The summed E-state index contributed by atoms with van der Waals surface area (Å²) in [4.78, 5) is 4.43. The van der Waals surface area contributed by atoms with Gasteiger partial charge in [-0.3, -0.25) is 4.98 Å². The maximum absolute atomic E-state index is 6.25. The predicted octanol–water partition coefficient (Wildman–Crippen LogP) is 6.53. The molecular weight excluding hydrogens is 358 g/mol. The number of hydrogen-bond donors (Lipinski definition) is 0. The highest BCUT2D eigenvalue weighted by Gasteiger charge is 2.58. The van der Waals surface area contributed by atoms with Crippen LogP contribution in [0.2, 0.25) is 0 Å². The predicted molar refractivity (Wildman–Crippen MR) is 119 cm³/mol. The van der Waals surface area contributed by atoms with E-state index in [0.717, 1.165) is 30.1 Å². The van der Waals surface area contributed by atoms with Gasteiger partial charge in [-0.2, -0.15) is 0 Å². The second-order valence-corrected chi connectivity index (χ2v) is 9.85. The fourth-order valence-electron chi connectivity index (χ4n) is 7.41. The fourth-order valence-corrected chi connectivity index (χ4v) is 7.41. The highest BCUT2D eigenvalue weighted by Crippen LogP contribution is 2.66. The summed E-state index contributed by atoms with van der Waals surface area (Å²) in [5, 5.41) is 0. The molecule has 3 heteroatoms. The molecular formula is C26H39NO2. The summed E-state index contributed by atoms with van der Waals surface area (Å²) in [5.41, 5.74) is 3.47. The molecule has 5 rings (SSSR count). The lowest BCUT2D eigenvalue weighted by Gasteiger charge is -2.59. The summed E-state index contributed by atoms with van der Waals surface area (Å²) < 4.78 is 11.7. The Morgan fingerprint density at radius 1 is 1.07 bits per heavy atom. The van der Waals surface area contributed by atoms with Crippen molar-refractivity contribution in [2.75, 3.05) is 13.7 Å². The normalized spacial score (nSPS) is 40.5. The first-order valence-electron chi connectivity index (χ1n) is 11.9. The van der Waals surface area contributed by atoms with Gasteiger partial charge in [-0.05, 0) is 90.7 Å². The number of rotatable bonds is 2. The topological polar surface area (TPSA) is 31.4 Å². The lowest BCUT2D eigenvalue weighted by atomic mass is 9.47. The highest BCUT2D eigenvalue weighted by molar-refractivity contribution is 5.73. The Balaban J connectivity index is 0.000000994. The van der Waals surface area contributed by atoms with Gasteiger partial charge in [-0.1, -0.05) is 33.8 Å². The molecule has 0 aromatic carbocycles. The molecule has 1 aromatic heterocycles. The zero-order valence-corrected chi connectivity index (χ0v) is 19.0. The second-order valence-electron chi connectivity index (χ2n) is 9.85. The maximum atomic E-state index is 6.25. The maximum Gasteiger partial charge on any atom is 0.137 e. The van der Waals surface area contributed by atoms with Gasteiger partial charge >= 0.3 is 0 Å². The van der Waals surface area contributed by atoms with Crippen LogP contribution in [-0.2, 0) is 4.74 Å². The van der Waals surface area contributed by atoms with Crippen molar-refractivity contribution in [3.05, 3.63) is 30.1 Å². The Labute approximate surface area is 177 Å². The Kier molecular flexibility index (Phi) is 5.81. The number of pyridine rings is 1. The molecule has 0 spiro atoms. The zero-order valence-electron chi connectivity index (χ0n) is 19.0. The van der Waals surface area contributed by atoms with Gasteiger partial charge in [-0.25, -0.2) is 0 Å². The summed E-state index contributed by atoms with van der Waals surface area (Å²) in [6.45, 7) is 10.1. The van der Waals surface area contributed by atoms with Crippen molar-refractivity contribution >= 4 is 5.57 Å². The van der Waals surface area contributed by atoms with E-state index < -0.39 is 0 Å². The van der Waals surface area contributed by atoms with Crippen LogP contribution < -0.4 is 4.74 Å². The molecule has 6 unspecified atom stereocenters. The summed E-state index contributed by atoms with van der Waals surface area (Å²) in [5.74, 6) is 3.32. The van der Waals surface area contributed by atoms with E-state index in [2.05, 4.69) is 31.0 Å². The fraction of sp³-hybridized carbons (Fsp3) is 0.731. The van der Waals surface area contributed by atoms with Gasteiger partial charge in [0.15, 0.2) is 0 Å². The molecule has 0 radical (unpaired) electrons. The first-order valence-corrected chi connectivity index (χ1v) is 11.9. The Morgan fingerprint density at radius 2 is 1.90 bits per heavy atom. The standard InChI is InChI=1S/C24H33NO2.C2H6/c1-23-11-9-21-18(5-8-22-24(21,2)10-4-12-27-22)20(23)7-6-19(23)16-13-17(26-3)15-25-14-16;1-2/h6,13-15,18,20-22H,4-5,7-12H2,1-3H3;1-2H3. The van der Waals surface area contributed by atoms with Gasteiger partial charge in [0.25, 0.3) is 0 Å². The number of fused-ring (bicyclic) bond motifs is 5. The van der Waals surface area contributed by atoms with Crippen LogP contribution in [0.25, 0.3) is 5.57 Å². The summed E-state index contributed by atoms with van der Waals surface area (Å²) in [7, 11) is 1.73. The van der Waals surface area contributed by atoms with Crippen molar-refractivity contribution in [1.82, 2.24) is 4.98 Å². The number of methoxy groups -OCH3 is 1. The van der Waals surface area contributed by atoms with Gasteiger partial charge in [0.1, 0.15) is 5.75 Å². The van der Waals surface area contributed by atoms with Crippen molar-refractivity contribution in [2.24, 2.45) is 28.6 Å². The van der Waals surface area contributed by atoms with Crippen molar-refractivity contribution in [3.63, 3.8) is 0 Å². The number of allylic oxidation sites excluding steroid dienone is 2. The lowest BCUT2D eigenvalue weighted by Crippen LogP contribution is -2.55. The summed E-state index contributed by atoms with van der Waals surface area (Å²) in [6.07, 6.45) is 16.0. The van der Waals surface area contributed by atoms with Crippen molar-refractivity contribution in [1.29, 1.82) is 0 Å². The molecule has 29 heavy (non-hydrogen) atoms. The van der Waals surface area contributed by atoms with Gasteiger partial charge in [0.2, 0.25) is 0 Å². The summed E-state index contributed by atoms with van der Waals surface area (Å²) in [6, 6.07) is 2.17. The van der Waals surface area contributed by atoms with Crippen LogP contribution >= 0.6 is 0 Å². The molecule has 3 fully saturated rings. The number of hydrogen-bond acceptors (Lipinski definition) is 3. The quantitative estimate of drug-likeness (QED) is 0.568. The molecule has 0 amide bonds. The van der Waals surface area contributed by atoms with E-state index in [1.165, 1.54) is 56.1 Å². The van der Waals surface area contributed by atoms with Gasteiger partial charge in [0, 0.05) is 12.8 Å². The van der Waals surface area contributed by atoms with Crippen LogP contribution in [0.1, 0.15) is 78.2 Å². The van der Waals surface area contributed by atoms with E-state index in [4.69, 9.17) is 9.47 Å². The zero-order chi connectivity index (χ0) is 20.6. The minimum Gasteiger partial charge on any atom is -0.495 e. The molecule has 3 nitrogen and oxygen atoms in total. The molecule has 1 aliphatic heterocycles. The molecule has 2 saturated carbocycles. The van der Waals surface area contributed by atoms with E-state index in [1.54, 1.807) is 13.3 Å². The SMILES string of the molecule is CC.COc1cncc(C2=CCC3C4CCC5OCCCC5(C)C4CCC23C)c1. The van der Waals surface area contributed by atoms with Crippen LogP contribution in [-0.4, -0.2) is 24.8 Å². The molecule has 6 atom stereocenters. The molecule has 0 N–H and O–H groups in total. The third-order valence-electron chi connectivity index (χ3n) is 8.80. The van der Waals surface area contributed by atoms with Crippen molar-refractivity contribution in [2.45, 2.75) is 78.7 Å². The average Bonchev–Trinajstić information content (AvgIpc) is 3.12. The molecule has 160 valence electrons. The van der Waals surface area contributed by atoms with E-state index >= 15 is 0 Å². The van der Waals surface area contributed by atoms with Crippen LogP contribution in [0.4, 0.5) is 0 Å². The Hall–Kier alpha value is -1.35. The average molecular weight is 398 g/mol. The van der Waals surface area contributed by atoms with Crippen LogP contribution in [0.5, 0.6) is 5.75 Å². The van der Waals surface area contributed by atoms with Crippen LogP contribution in [0, 0.1) is 28.6 Å². The van der Waals surface area contributed by atoms with E-state index in [1.807, 2.05) is 20.0 Å². The largest absolute Gasteiger partial charge is 0.495 e. The monoisotopic (exact) mass is 397 g/mol. The third kappa shape index (κ3) is 3.24. The number of nitrogens with zero attached hydrogens (tertiary/aromatic N) is 1. The van der Waals surface area contributed by atoms with Crippen molar-refractivity contribution < 1.29 is 9.47 Å². The minimum absolute atomic E-state index is 0.286. The van der Waals surface area contributed by atoms with E-state index in [-0.39, 0.29) is 5.41 Å². The van der Waals surface area contributed by atoms with E-state index in [9.17, 15) is 0 Å². The molecule has 2 heterocycles.